The van der Waals surface area contributed by atoms with Gasteiger partial charge >= 0.3 is 5.97 Å². The van der Waals surface area contributed by atoms with Crippen LogP contribution < -0.4 is 10.7 Å². The van der Waals surface area contributed by atoms with Gasteiger partial charge in [-0.3, -0.25) is 4.79 Å². The second-order valence-electron chi connectivity index (χ2n) is 4.07. The van der Waals surface area contributed by atoms with E-state index in [1.54, 1.807) is 0 Å². The Balaban J connectivity index is 2.47. The summed E-state index contributed by atoms with van der Waals surface area (Å²) in [6.07, 6.45) is 0.358. The van der Waals surface area contributed by atoms with Crippen molar-refractivity contribution < 1.29 is 14.3 Å². The highest BCUT2D eigenvalue weighted by molar-refractivity contribution is 6.42. The molecule has 0 aliphatic carbocycles. The number of hydrogen-bond donors (Lipinski definition) is 1. The molecular formula is C12H11Cl2N3O3. The molecule has 0 unspecified atom stereocenters. The molecule has 20 heavy (non-hydrogen) atoms. The van der Waals surface area contributed by atoms with Gasteiger partial charge in [-0.2, -0.15) is 10.1 Å². The summed E-state index contributed by atoms with van der Waals surface area (Å²) in [5.74, 6) is -0.871. The molecule has 1 heterocycles. The molecule has 0 radical (unpaired) electrons. The summed E-state index contributed by atoms with van der Waals surface area (Å²) in [5.41, 5.74) is 6.49. The van der Waals surface area contributed by atoms with Crippen molar-refractivity contribution in [2.45, 2.75) is 12.8 Å². The molecule has 0 saturated heterocycles. The van der Waals surface area contributed by atoms with E-state index >= 15 is 0 Å². The maximum Gasteiger partial charge on any atom is 0.354 e. The van der Waals surface area contributed by atoms with E-state index in [1.165, 1.54) is 19.2 Å². The number of rotatable bonds is 2. The maximum absolute atomic E-state index is 11.9. The number of anilines is 2. The van der Waals surface area contributed by atoms with E-state index in [0.29, 0.717) is 0 Å². The number of methoxy groups -OCH3 is 1. The van der Waals surface area contributed by atoms with Gasteiger partial charge in [0.1, 0.15) is 5.71 Å². The van der Waals surface area contributed by atoms with Crippen LogP contribution >= 0.6 is 23.2 Å². The van der Waals surface area contributed by atoms with Crippen LogP contribution in [-0.2, 0) is 14.3 Å². The molecular weight excluding hydrogens is 305 g/mol. The Morgan fingerprint density at radius 1 is 1.35 bits per heavy atom. The number of halogens is 2. The lowest BCUT2D eigenvalue weighted by atomic mass is 10.1. The molecule has 8 heteroatoms. The molecule has 0 spiro atoms. The summed E-state index contributed by atoms with van der Waals surface area (Å²) < 4.78 is 4.60. The van der Waals surface area contributed by atoms with Gasteiger partial charge in [0.2, 0.25) is 5.91 Å². The Bertz CT molecular complexity index is 616. The van der Waals surface area contributed by atoms with Gasteiger partial charge in [-0.05, 0) is 12.1 Å². The first-order valence-electron chi connectivity index (χ1n) is 5.67. The average molecular weight is 316 g/mol. The Morgan fingerprint density at radius 2 is 2.00 bits per heavy atom. The monoisotopic (exact) mass is 315 g/mol. The molecule has 0 atom stereocenters. The van der Waals surface area contributed by atoms with Crippen molar-refractivity contribution in [3.8, 4) is 0 Å². The van der Waals surface area contributed by atoms with Crippen LogP contribution in [0.25, 0.3) is 0 Å². The highest BCUT2D eigenvalue weighted by Crippen LogP contribution is 2.34. The maximum atomic E-state index is 11.9. The van der Waals surface area contributed by atoms with Crippen molar-refractivity contribution in [1.29, 1.82) is 0 Å². The minimum absolute atomic E-state index is 0.133. The number of ether oxygens (including phenoxy) is 1. The van der Waals surface area contributed by atoms with E-state index < -0.39 is 5.97 Å². The molecule has 106 valence electrons. The molecule has 2 N–H and O–H groups in total. The van der Waals surface area contributed by atoms with Gasteiger partial charge in [0.15, 0.2) is 0 Å². The molecule has 1 aromatic rings. The zero-order chi connectivity index (χ0) is 14.9. The number of hydrogen-bond acceptors (Lipinski definition) is 5. The molecule has 2 rings (SSSR count). The van der Waals surface area contributed by atoms with Crippen molar-refractivity contribution in [3.05, 3.63) is 22.2 Å². The third kappa shape index (κ3) is 2.71. The number of carbonyl (C=O) groups excluding carboxylic acids is 2. The van der Waals surface area contributed by atoms with Crippen LogP contribution in [0.15, 0.2) is 17.2 Å². The van der Waals surface area contributed by atoms with Crippen LogP contribution in [-0.4, -0.2) is 24.7 Å². The SMILES string of the molecule is COC(=O)C1=NN(c2cc(Cl)c(Cl)cc2N)C(=O)CC1. The molecule has 1 amide bonds. The minimum atomic E-state index is -0.582. The van der Waals surface area contributed by atoms with Crippen LogP contribution in [0.5, 0.6) is 0 Å². The molecule has 1 aliphatic heterocycles. The van der Waals surface area contributed by atoms with Gasteiger partial charge in [-0.15, -0.1) is 0 Å². The van der Waals surface area contributed by atoms with Crippen LogP contribution in [0.1, 0.15) is 12.8 Å². The number of esters is 1. The van der Waals surface area contributed by atoms with E-state index in [9.17, 15) is 9.59 Å². The summed E-state index contributed by atoms with van der Waals surface area (Å²) in [4.78, 5) is 23.4. The van der Waals surface area contributed by atoms with E-state index in [4.69, 9.17) is 28.9 Å². The van der Waals surface area contributed by atoms with Crippen LogP contribution in [0.2, 0.25) is 10.0 Å². The quantitative estimate of drug-likeness (QED) is 0.670. The number of carbonyl (C=O) groups is 2. The largest absolute Gasteiger partial charge is 0.464 e. The Hall–Kier alpha value is -1.79. The standard InChI is InChI=1S/C12H11Cl2N3O3/c1-20-12(19)9-2-3-11(18)17(16-9)10-5-7(14)6(13)4-8(10)15/h4-5H,2-3,15H2,1H3. The highest BCUT2D eigenvalue weighted by atomic mass is 35.5. The second-order valence-corrected chi connectivity index (χ2v) is 4.88. The topological polar surface area (TPSA) is 85.0 Å². The van der Waals surface area contributed by atoms with Gasteiger partial charge in [0, 0.05) is 12.8 Å². The Morgan fingerprint density at radius 3 is 2.65 bits per heavy atom. The third-order valence-corrected chi connectivity index (χ3v) is 3.47. The lowest BCUT2D eigenvalue weighted by Crippen LogP contribution is -2.35. The zero-order valence-electron chi connectivity index (χ0n) is 10.5. The van der Waals surface area contributed by atoms with E-state index in [2.05, 4.69) is 9.84 Å². The predicted octanol–water partition coefficient (Wildman–Crippen LogP) is 2.23. The number of nitrogens with two attached hydrogens (primary N) is 1. The molecule has 0 saturated carbocycles. The van der Waals surface area contributed by atoms with E-state index in [1.807, 2.05) is 0 Å². The van der Waals surface area contributed by atoms with Gasteiger partial charge in [0.05, 0.1) is 28.5 Å². The summed E-state index contributed by atoms with van der Waals surface area (Å²) in [6.45, 7) is 0. The average Bonchev–Trinajstić information content (AvgIpc) is 2.43. The Kier molecular flexibility index (Phi) is 4.15. The number of nitrogen functional groups attached to an aromatic ring is 1. The first kappa shape index (κ1) is 14.6. The molecule has 1 aromatic carbocycles. The van der Waals surface area contributed by atoms with Gasteiger partial charge in [0.25, 0.3) is 0 Å². The summed E-state index contributed by atoms with van der Waals surface area (Å²) >= 11 is 11.8. The van der Waals surface area contributed by atoms with Crippen LogP contribution in [0.4, 0.5) is 11.4 Å². The highest BCUT2D eigenvalue weighted by Gasteiger charge is 2.27. The molecule has 6 nitrogen and oxygen atoms in total. The van der Waals surface area contributed by atoms with E-state index in [-0.39, 0.29) is 45.9 Å². The number of benzene rings is 1. The smallest absolute Gasteiger partial charge is 0.354 e. The van der Waals surface area contributed by atoms with E-state index in [0.717, 1.165) is 5.01 Å². The predicted molar refractivity (Wildman–Crippen MR) is 77.0 cm³/mol. The second kappa shape index (κ2) is 5.68. The first-order chi connectivity index (χ1) is 9.43. The Labute approximate surface area is 125 Å². The summed E-state index contributed by atoms with van der Waals surface area (Å²) in [6, 6.07) is 2.86. The summed E-state index contributed by atoms with van der Waals surface area (Å²) in [7, 11) is 1.25. The lowest BCUT2D eigenvalue weighted by molar-refractivity contribution is -0.132. The van der Waals surface area contributed by atoms with Crippen molar-refractivity contribution in [3.63, 3.8) is 0 Å². The molecule has 0 fully saturated rings. The van der Waals surface area contributed by atoms with Gasteiger partial charge < -0.3 is 10.5 Å². The van der Waals surface area contributed by atoms with Crippen LogP contribution in [0.3, 0.4) is 0 Å². The number of hydrazone groups is 1. The third-order valence-electron chi connectivity index (χ3n) is 2.75. The zero-order valence-corrected chi connectivity index (χ0v) is 12.0. The molecule has 0 bridgehead atoms. The van der Waals surface area contributed by atoms with Gasteiger partial charge in [-0.1, -0.05) is 23.2 Å². The van der Waals surface area contributed by atoms with Crippen molar-refractivity contribution in [2.75, 3.05) is 17.9 Å². The minimum Gasteiger partial charge on any atom is -0.464 e. The lowest BCUT2D eigenvalue weighted by Gasteiger charge is -2.24. The number of amides is 1. The molecule has 0 aromatic heterocycles. The fourth-order valence-electron chi connectivity index (χ4n) is 1.74. The van der Waals surface area contributed by atoms with Crippen LogP contribution in [0, 0.1) is 0 Å². The fraction of sp³-hybridized carbons (Fsp3) is 0.250. The van der Waals surface area contributed by atoms with Gasteiger partial charge in [-0.25, -0.2) is 4.79 Å². The molecule has 1 aliphatic rings. The van der Waals surface area contributed by atoms with Crippen molar-refractivity contribution in [2.24, 2.45) is 5.10 Å². The van der Waals surface area contributed by atoms with Crippen molar-refractivity contribution in [1.82, 2.24) is 0 Å². The van der Waals surface area contributed by atoms with Crippen molar-refractivity contribution >= 4 is 52.2 Å². The summed E-state index contributed by atoms with van der Waals surface area (Å²) in [5, 5.41) is 5.54. The number of nitrogens with zero attached hydrogens (tertiary/aromatic N) is 2. The first-order valence-corrected chi connectivity index (χ1v) is 6.43. The fourth-order valence-corrected chi connectivity index (χ4v) is 2.07. The normalized spacial score (nSPS) is 15.1.